The number of benzene rings is 1. The molecule has 0 radical (unpaired) electrons. The van der Waals surface area contributed by atoms with Gasteiger partial charge in [0.05, 0.1) is 5.92 Å². The molecule has 1 heterocycles. The van der Waals surface area contributed by atoms with Gasteiger partial charge in [-0.25, -0.2) is 5.10 Å². The van der Waals surface area contributed by atoms with Crippen LogP contribution in [0.3, 0.4) is 0 Å². The molecular weight excluding hydrogens is 292 g/mol. The summed E-state index contributed by atoms with van der Waals surface area (Å²) in [5.74, 6) is 0.475. The Morgan fingerprint density at radius 1 is 1.39 bits per heavy atom. The molecule has 1 aliphatic rings. The smallest absolute Gasteiger partial charge is 0.233 e. The van der Waals surface area contributed by atoms with Gasteiger partial charge in [0.15, 0.2) is 0 Å². The first-order chi connectivity index (χ1) is 11.1. The third kappa shape index (κ3) is 3.64. The lowest BCUT2D eigenvalue weighted by Crippen LogP contribution is -2.19. The van der Waals surface area contributed by atoms with Crippen molar-refractivity contribution >= 4 is 17.6 Å². The van der Waals surface area contributed by atoms with Crippen LogP contribution in [0.25, 0.3) is 0 Å². The fourth-order valence-corrected chi connectivity index (χ4v) is 2.97. The summed E-state index contributed by atoms with van der Waals surface area (Å²) in [5.41, 5.74) is 2.08. The number of nitrogens with one attached hydrogen (secondary N) is 2. The topological polar surface area (TPSA) is 87.7 Å². The van der Waals surface area contributed by atoms with E-state index in [-0.39, 0.29) is 17.7 Å². The van der Waals surface area contributed by atoms with E-state index in [0.29, 0.717) is 11.7 Å². The summed E-state index contributed by atoms with van der Waals surface area (Å²) in [4.78, 5) is 27.8. The summed E-state index contributed by atoms with van der Waals surface area (Å²) in [6.45, 7) is 1.85. The van der Waals surface area contributed by atoms with Gasteiger partial charge in [0, 0.05) is 12.3 Å². The molecule has 2 aromatic rings. The first-order valence-electron chi connectivity index (χ1n) is 7.91. The van der Waals surface area contributed by atoms with Crippen molar-refractivity contribution in [2.45, 2.75) is 38.5 Å². The van der Waals surface area contributed by atoms with Crippen LogP contribution in [0.15, 0.2) is 30.6 Å². The zero-order valence-corrected chi connectivity index (χ0v) is 13.1. The fourth-order valence-electron chi connectivity index (χ4n) is 2.97. The molecule has 1 aromatic carbocycles. The Hall–Kier alpha value is -2.50. The normalized spacial score (nSPS) is 18.8. The minimum absolute atomic E-state index is 0.138. The van der Waals surface area contributed by atoms with Crippen molar-refractivity contribution in [2.24, 2.45) is 5.92 Å². The second-order valence-electron chi connectivity index (χ2n) is 6.05. The molecule has 2 atom stereocenters. The van der Waals surface area contributed by atoms with Crippen molar-refractivity contribution in [3.05, 3.63) is 41.7 Å². The molecule has 2 N–H and O–H groups in total. The maximum atomic E-state index is 12.2. The molecule has 1 aliphatic carbocycles. The predicted molar refractivity (Wildman–Crippen MR) is 85.9 cm³/mol. The van der Waals surface area contributed by atoms with Crippen LogP contribution in [0.5, 0.6) is 0 Å². The molecule has 0 aliphatic heterocycles. The number of aromatic nitrogens is 3. The molecule has 120 valence electrons. The highest BCUT2D eigenvalue weighted by molar-refractivity contribution is 5.94. The summed E-state index contributed by atoms with van der Waals surface area (Å²) < 4.78 is 0. The number of hydrogen-bond donors (Lipinski definition) is 2. The monoisotopic (exact) mass is 312 g/mol. The number of H-pyrrole nitrogens is 1. The molecular formula is C17H20N4O2. The number of ketones is 1. The van der Waals surface area contributed by atoms with E-state index < -0.39 is 0 Å². The largest absolute Gasteiger partial charge is 0.299 e. The number of hydrogen-bond acceptors (Lipinski definition) is 4. The van der Waals surface area contributed by atoms with Gasteiger partial charge in [-0.2, -0.15) is 10.1 Å². The quantitative estimate of drug-likeness (QED) is 0.887. The number of nitrogens with zero attached hydrogens (tertiary/aromatic N) is 2. The van der Waals surface area contributed by atoms with Gasteiger partial charge in [-0.3, -0.25) is 14.9 Å². The first kappa shape index (κ1) is 15.4. The molecule has 1 saturated carbocycles. The SMILES string of the molecule is C[C@@H](C(=O)Nc1ncn[nH]1)c1ccc(C[C@H]2CCCC2=O)cc1. The van der Waals surface area contributed by atoms with E-state index in [4.69, 9.17) is 0 Å². The van der Waals surface area contributed by atoms with Crippen molar-refractivity contribution in [1.29, 1.82) is 0 Å². The van der Waals surface area contributed by atoms with Crippen LogP contribution >= 0.6 is 0 Å². The van der Waals surface area contributed by atoms with E-state index in [2.05, 4.69) is 20.5 Å². The molecule has 1 fully saturated rings. The van der Waals surface area contributed by atoms with Crippen LogP contribution in [0.2, 0.25) is 0 Å². The van der Waals surface area contributed by atoms with E-state index in [9.17, 15) is 9.59 Å². The standard InChI is InChI=1S/C17H20N4O2/c1-11(16(23)20-17-18-10-19-21-17)13-7-5-12(6-8-13)9-14-3-2-4-15(14)22/h5-8,10-11,14H,2-4,9H2,1H3,(H2,18,19,20,21,23)/t11-,14-/m1/s1. The Kier molecular flexibility index (Phi) is 4.50. The molecule has 0 bridgehead atoms. The van der Waals surface area contributed by atoms with Crippen LogP contribution in [0.1, 0.15) is 43.2 Å². The Morgan fingerprint density at radius 2 is 2.17 bits per heavy atom. The lowest BCUT2D eigenvalue weighted by atomic mass is 9.94. The van der Waals surface area contributed by atoms with Crippen LogP contribution < -0.4 is 5.32 Å². The molecule has 6 nitrogen and oxygen atoms in total. The summed E-state index contributed by atoms with van der Waals surface area (Å²) in [6.07, 6.45) is 4.88. The van der Waals surface area contributed by atoms with Gasteiger partial charge in [0.25, 0.3) is 0 Å². The summed E-state index contributed by atoms with van der Waals surface area (Å²) in [5, 5.41) is 8.99. The van der Waals surface area contributed by atoms with Gasteiger partial charge in [0.2, 0.25) is 11.9 Å². The molecule has 23 heavy (non-hydrogen) atoms. The molecule has 3 rings (SSSR count). The average Bonchev–Trinajstić information content (AvgIpc) is 3.20. The van der Waals surface area contributed by atoms with E-state index >= 15 is 0 Å². The molecule has 6 heteroatoms. The number of Topliss-reactive ketones (excluding diaryl/α,β-unsaturated/α-hetero) is 1. The minimum atomic E-state index is -0.290. The maximum absolute atomic E-state index is 12.2. The van der Waals surface area contributed by atoms with E-state index in [1.54, 1.807) is 0 Å². The average molecular weight is 312 g/mol. The Labute approximate surface area is 134 Å². The van der Waals surface area contributed by atoms with Gasteiger partial charge in [0.1, 0.15) is 12.1 Å². The Morgan fingerprint density at radius 3 is 2.78 bits per heavy atom. The number of carbonyl (C=O) groups excluding carboxylic acids is 2. The Bertz CT molecular complexity index is 679. The highest BCUT2D eigenvalue weighted by Crippen LogP contribution is 2.26. The number of anilines is 1. The van der Waals surface area contributed by atoms with Crippen molar-refractivity contribution in [2.75, 3.05) is 5.32 Å². The van der Waals surface area contributed by atoms with Crippen molar-refractivity contribution < 1.29 is 9.59 Å². The van der Waals surface area contributed by atoms with Gasteiger partial charge < -0.3 is 0 Å². The third-order valence-corrected chi connectivity index (χ3v) is 4.44. The Balaban J connectivity index is 1.61. The summed E-state index contributed by atoms with van der Waals surface area (Å²) >= 11 is 0. The van der Waals surface area contributed by atoms with Crippen molar-refractivity contribution in [1.82, 2.24) is 15.2 Å². The maximum Gasteiger partial charge on any atom is 0.233 e. The van der Waals surface area contributed by atoms with Gasteiger partial charge in [-0.15, -0.1) is 0 Å². The second kappa shape index (κ2) is 6.73. The molecule has 1 amide bonds. The van der Waals surface area contributed by atoms with Crippen molar-refractivity contribution in [3.63, 3.8) is 0 Å². The zero-order valence-electron chi connectivity index (χ0n) is 13.1. The van der Waals surface area contributed by atoms with E-state index in [0.717, 1.165) is 36.8 Å². The van der Waals surface area contributed by atoms with Crippen LogP contribution in [0.4, 0.5) is 5.95 Å². The van der Waals surface area contributed by atoms with Gasteiger partial charge in [-0.1, -0.05) is 24.3 Å². The third-order valence-electron chi connectivity index (χ3n) is 4.44. The fraction of sp³-hybridized carbons (Fsp3) is 0.412. The van der Waals surface area contributed by atoms with E-state index in [1.165, 1.54) is 6.33 Å². The molecule has 0 spiro atoms. The number of rotatable bonds is 5. The predicted octanol–water partition coefficient (Wildman–Crippen LogP) is 2.46. The van der Waals surface area contributed by atoms with Crippen molar-refractivity contribution in [3.8, 4) is 0 Å². The minimum Gasteiger partial charge on any atom is -0.299 e. The highest BCUT2D eigenvalue weighted by Gasteiger charge is 2.24. The number of carbonyl (C=O) groups is 2. The van der Waals surface area contributed by atoms with Gasteiger partial charge >= 0.3 is 0 Å². The van der Waals surface area contributed by atoms with Gasteiger partial charge in [-0.05, 0) is 37.3 Å². The number of amides is 1. The van der Waals surface area contributed by atoms with Crippen LogP contribution in [0, 0.1) is 5.92 Å². The lowest BCUT2D eigenvalue weighted by molar-refractivity contribution is -0.120. The summed E-state index contributed by atoms with van der Waals surface area (Å²) in [6, 6.07) is 7.94. The first-order valence-corrected chi connectivity index (χ1v) is 7.91. The van der Waals surface area contributed by atoms with E-state index in [1.807, 2.05) is 31.2 Å². The lowest BCUT2D eigenvalue weighted by Gasteiger charge is -2.13. The molecule has 0 unspecified atom stereocenters. The highest BCUT2D eigenvalue weighted by atomic mass is 16.2. The molecule has 0 saturated heterocycles. The van der Waals surface area contributed by atoms with Crippen LogP contribution in [-0.4, -0.2) is 26.9 Å². The number of aromatic amines is 1. The second-order valence-corrected chi connectivity index (χ2v) is 6.05. The zero-order chi connectivity index (χ0) is 16.2. The van der Waals surface area contributed by atoms with Crippen LogP contribution in [-0.2, 0) is 16.0 Å². The molecule has 1 aromatic heterocycles. The summed E-state index contributed by atoms with van der Waals surface area (Å²) in [7, 11) is 0.